The average molecular weight is 224 g/mol. The van der Waals surface area contributed by atoms with Gasteiger partial charge in [0.1, 0.15) is 5.60 Å². The molecule has 0 amide bonds. The first kappa shape index (κ1) is 16.2. The first-order chi connectivity index (χ1) is 5.85. The molecule has 0 saturated heterocycles. The summed E-state index contributed by atoms with van der Waals surface area (Å²) in [4.78, 5) is 11.2. The highest BCUT2D eigenvalue weighted by Crippen LogP contribution is 2.09. The SMILES string of the molecule is CNC(C)CCC(=O)OC(C)(C)C.Cl. The van der Waals surface area contributed by atoms with Crippen molar-refractivity contribution in [2.45, 2.75) is 52.2 Å². The number of rotatable bonds is 4. The van der Waals surface area contributed by atoms with E-state index in [0.717, 1.165) is 6.42 Å². The normalized spacial score (nSPS) is 12.9. The lowest BCUT2D eigenvalue weighted by atomic mass is 10.1. The van der Waals surface area contributed by atoms with Crippen LogP contribution in [0, 0.1) is 0 Å². The van der Waals surface area contributed by atoms with Gasteiger partial charge in [0.15, 0.2) is 0 Å². The quantitative estimate of drug-likeness (QED) is 0.743. The predicted molar refractivity (Wildman–Crippen MR) is 60.8 cm³/mol. The van der Waals surface area contributed by atoms with E-state index >= 15 is 0 Å². The molecule has 0 heterocycles. The lowest BCUT2D eigenvalue weighted by Crippen LogP contribution is -2.26. The van der Waals surface area contributed by atoms with E-state index in [4.69, 9.17) is 4.74 Å². The Labute approximate surface area is 93.0 Å². The van der Waals surface area contributed by atoms with Crippen LogP contribution in [0.4, 0.5) is 0 Å². The maximum Gasteiger partial charge on any atom is 0.306 e. The van der Waals surface area contributed by atoms with E-state index in [-0.39, 0.29) is 24.0 Å². The smallest absolute Gasteiger partial charge is 0.306 e. The standard InChI is InChI=1S/C10H21NO2.ClH/c1-8(11-5)6-7-9(12)13-10(2,3)4;/h8,11H,6-7H2,1-5H3;1H. The van der Waals surface area contributed by atoms with Gasteiger partial charge in [-0.25, -0.2) is 0 Å². The predicted octanol–water partition coefficient (Wildman–Crippen LogP) is 2.14. The van der Waals surface area contributed by atoms with Gasteiger partial charge in [0, 0.05) is 12.5 Å². The van der Waals surface area contributed by atoms with Crippen LogP contribution in [0.15, 0.2) is 0 Å². The largest absolute Gasteiger partial charge is 0.460 e. The van der Waals surface area contributed by atoms with Gasteiger partial charge in [-0.1, -0.05) is 0 Å². The summed E-state index contributed by atoms with van der Waals surface area (Å²) in [7, 11) is 1.89. The Morgan fingerprint density at radius 3 is 2.29 bits per heavy atom. The molecule has 86 valence electrons. The van der Waals surface area contributed by atoms with E-state index in [1.165, 1.54) is 0 Å². The number of carbonyl (C=O) groups is 1. The first-order valence-corrected chi connectivity index (χ1v) is 4.74. The van der Waals surface area contributed by atoms with E-state index in [1.807, 2.05) is 34.7 Å². The maximum atomic E-state index is 11.2. The second-order valence-electron chi connectivity index (χ2n) is 4.31. The van der Waals surface area contributed by atoms with Gasteiger partial charge in [-0.2, -0.15) is 0 Å². The van der Waals surface area contributed by atoms with Crippen molar-refractivity contribution in [3.05, 3.63) is 0 Å². The third kappa shape index (κ3) is 9.81. The summed E-state index contributed by atoms with van der Waals surface area (Å²) in [5, 5.41) is 3.08. The fraction of sp³-hybridized carbons (Fsp3) is 0.900. The molecule has 0 radical (unpaired) electrons. The van der Waals surface area contributed by atoms with E-state index in [0.29, 0.717) is 12.5 Å². The number of hydrogen-bond acceptors (Lipinski definition) is 3. The van der Waals surface area contributed by atoms with Crippen molar-refractivity contribution in [3.63, 3.8) is 0 Å². The van der Waals surface area contributed by atoms with E-state index in [1.54, 1.807) is 0 Å². The monoisotopic (exact) mass is 223 g/mol. The summed E-state index contributed by atoms with van der Waals surface area (Å²) >= 11 is 0. The molecule has 14 heavy (non-hydrogen) atoms. The summed E-state index contributed by atoms with van der Waals surface area (Å²) in [6.07, 6.45) is 1.31. The van der Waals surface area contributed by atoms with Crippen LogP contribution < -0.4 is 5.32 Å². The molecule has 0 bridgehead atoms. The third-order valence-corrected chi connectivity index (χ3v) is 1.69. The summed E-state index contributed by atoms with van der Waals surface area (Å²) in [5.41, 5.74) is -0.361. The van der Waals surface area contributed by atoms with Gasteiger partial charge in [-0.05, 0) is 41.2 Å². The molecule has 3 nitrogen and oxygen atoms in total. The van der Waals surface area contributed by atoms with Gasteiger partial charge in [-0.3, -0.25) is 4.79 Å². The van der Waals surface area contributed by atoms with Crippen molar-refractivity contribution in [2.75, 3.05) is 7.05 Å². The van der Waals surface area contributed by atoms with Gasteiger partial charge in [0.25, 0.3) is 0 Å². The van der Waals surface area contributed by atoms with Crippen molar-refractivity contribution in [1.82, 2.24) is 5.32 Å². The van der Waals surface area contributed by atoms with Crippen LogP contribution in [0.5, 0.6) is 0 Å². The van der Waals surface area contributed by atoms with Gasteiger partial charge >= 0.3 is 5.97 Å². The highest BCUT2D eigenvalue weighted by atomic mass is 35.5. The van der Waals surface area contributed by atoms with E-state index in [9.17, 15) is 4.79 Å². The maximum absolute atomic E-state index is 11.2. The topological polar surface area (TPSA) is 38.3 Å². The van der Waals surface area contributed by atoms with E-state index < -0.39 is 0 Å². The lowest BCUT2D eigenvalue weighted by molar-refractivity contribution is -0.155. The number of ether oxygens (including phenoxy) is 1. The zero-order valence-corrected chi connectivity index (χ0v) is 10.5. The fourth-order valence-corrected chi connectivity index (χ4v) is 0.871. The molecule has 0 saturated carbocycles. The van der Waals surface area contributed by atoms with Crippen LogP contribution in [-0.4, -0.2) is 24.7 Å². The zero-order chi connectivity index (χ0) is 10.5. The van der Waals surface area contributed by atoms with Crippen LogP contribution in [0.25, 0.3) is 0 Å². The second-order valence-corrected chi connectivity index (χ2v) is 4.31. The Kier molecular flexibility index (Phi) is 8.16. The Morgan fingerprint density at radius 2 is 1.93 bits per heavy atom. The van der Waals surface area contributed by atoms with Crippen molar-refractivity contribution in [2.24, 2.45) is 0 Å². The van der Waals surface area contributed by atoms with Crippen LogP contribution in [-0.2, 0) is 9.53 Å². The Morgan fingerprint density at radius 1 is 1.43 bits per heavy atom. The number of nitrogens with one attached hydrogen (secondary N) is 1. The van der Waals surface area contributed by atoms with Gasteiger partial charge in [0.05, 0.1) is 0 Å². The molecule has 0 aliphatic carbocycles. The van der Waals surface area contributed by atoms with Crippen LogP contribution >= 0.6 is 12.4 Å². The van der Waals surface area contributed by atoms with Crippen molar-refractivity contribution in [1.29, 1.82) is 0 Å². The minimum Gasteiger partial charge on any atom is -0.460 e. The van der Waals surface area contributed by atoms with Crippen molar-refractivity contribution in [3.8, 4) is 0 Å². The second kappa shape index (κ2) is 7.07. The molecule has 0 aromatic heterocycles. The molecular formula is C10H22ClNO2. The van der Waals surface area contributed by atoms with Gasteiger partial charge in [-0.15, -0.1) is 12.4 Å². The summed E-state index contributed by atoms with van der Waals surface area (Å²) < 4.78 is 5.17. The molecule has 0 aliphatic heterocycles. The summed E-state index contributed by atoms with van der Waals surface area (Å²) in [6.45, 7) is 7.69. The number of halogens is 1. The minimum atomic E-state index is -0.361. The molecule has 1 N–H and O–H groups in total. The molecule has 0 aromatic rings. The molecule has 1 atom stereocenters. The number of esters is 1. The molecule has 0 spiro atoms. The lowest BCUT2D eigenvalue weighted by Gasteiger charge is -2.20. The number of hydrogen-bond donors (Lipinski definition) is 1. The van der Waals surface area contributed by atoms with Crippen LogP contribution in [0.2, 0.25) is 0 Å². The van der Waals surface area contributed by atoms with Gasteiger partial charge < -0.3 is 10.1 Å². The first-order valence-electron chi connectivity index (χ1n) is 4.74. The Bertz CT molecular complexity index is 166. The Hall–Kier alpha value is -0.280. The molecular weight excluding hydrogens is 202 g/mol. The third-order valence-electron chi connectivity index (χ3n) is 1.69. The van der Waals surface area contributed by atoms with E-state index in [2.05, 4.69) is 5.32 Å². The fourth-order valence-electron chi connectivity index (χ4n) is 0.871. The summed E-state index contributed by atoms with van der Waals surface area (Å²) in [6, 6.07) is 0.368. The highest BCUT2D eigenvalue weighted by molar-refractivity contribution is 5.85. The molecule has 1 unspecified atom stereocenters. The van der Waals surface area contributed by atoms with Gasteiger partial charge in [0.2, 0.25) is 0 Å². The van der Waals surface area contributed by atoms with Crippen LogP contribution in [0.3, 0.4) is 0 Å². The summed E-state index contributed by atoms with van der Waals surface area (Å²) in [5.74, 6) is -0.116. The molecule has 4 heteroatoms. The Balaban J connectivity index is 0. The number of carbonyl (C=O) groups excluding carboxylic acids is 1. The minimum absolute atomic E-state index is 0. The highest BCUT2D eigenvalue weighted by Gasteiger charge is 2.16. The molecule has 0 aliphatic rings. The zero-order valence-electron chi connectivity index (χ0n) is 9.72. The molecule has 0 fully saturated rings. The van der Waals surface area contributed by atoms with Crippen molar-refractivity contribution >= 4 is 18.4 Å². The molecule has 0 aromatic carbocycles. The molecule has 0 rings (SSSR count). The average Bonchev–Trinajstić information content (AvgIpc) is 1.97. The van der Waals surface area contributed by atoms with Crippen LogP contribution in [0.1, 0.15) is 40.5 Å². The van der Waals surface area contributed by atoms with Crippen molar-refractivity contribution < 1.29 is 9.53 Å².